The molecule has 0 spiro atoms. The third kappa shape index (κ3) is 2.44. The molecule has 14 heavy (non-hydrogen) atoms. The molecule has 1 aliphatic rings. The first kappa shape index (κ1) is 9.91. The van der Waals surface area contributed by atoms with E-state index < -0.39 is 0 Å². The molecule has 1 aromatic rings. The lowest BCUT2D eigenvalue weighted by Crippen LogP contribution is -1.93. The molecule has 0 saturated heterocycles. The number of rotatable bonds is 1. The van der Waals surface area contributed by atoms with Crippen LogP contribution < -0.4 is 0 Å². The molecule has 0 aromatic heterocycles. The molecule has 0 aliphatic carbocycles. The first-order valence-electron chi connectivity index (χ1n) is 5.13. The minimum Gasteiger partial charge on any atom is -0.289 e. The number of hydrogen-bond donors (Lipinski definition) is 0. The van der Waals surface area contributed by atoms with Gasteiger partial charge in [0.1, 0.15) is 0 Å². The van der Waals surface area contributed by atoms with E-state index in [0.717, 1.165) is 10.9 Å². The van der Waals surface area contributed by atoms with Gasteiger partial charge in [0.25, 0.3) is 0 Å². The Bertz CT molecular complexity index is 316. The van der Waals surface area contributed by atoms with Crippen molar-refractivity contribution in [1.29, 1.82) is 0 Å². The second-order valence-corrected chi connectivity index (χ2v) is 4.60. The van der Waals surface area contributed by atoms with E-state index in [9.17, 15) is 0 Å². The summed E-state index contributed by atoms with van der Waals surface area (Å²) in [6, 6.07) is 8.91. The highest BCUT2D eigenvalue weighted by Crippen LogP contribution is 2.26. The molecule has 0 N–H and O–H groups in total. The Kier molecular flexibility index (Phi) is 3.35. The molecular weight excluding hydrogens is 238 g/mol. The first-order valence-corrected chi connectivity index (χ1v) is 5.92. The van der Waals surface area contributed by atoms with E-state index in [1.54, 1.807) is 0 Å². The standard InChI is InChI=1S/C12H14BrN/c13-11-7-5-10(6-8-11)12-4-2-1-3-9-14-12/h5-9,12H,1-4H2. The Morgan fingerprint density at radius 2 is 1.93 bits per heavy atom. The molecule has 1 heterocycles. The molecular formula is C12H14BrN. The van der Waals surface area contributed by atoms with Gasteiger partial charge in [0.2, 0.25) is 0 Å². The lowest BCUT2D eigenvalue weighted by atomic mass is 10.0. The summed E-state index contributed by atoms with van der Waals surface area (Å²) in [5.41, 5.74) is 1.34. The number of nitrogens with zero attached hydrogens (tertiary/aromatic N) is 1. The van der Waals surface area contributed by atoms with Crippen molar-refractivity contribution in [3.63, 3.8) is 0 Å². The molecule has 1 aliphatic heterocycles. The van der Waals surface area contributed by atoms with E-state index in [4.69, 9.17) is 0 Å². The van der Waals surface area contributed by atoms with Gasteiger partial charge in [-0.3, -0.25) is 4.99 Å². The Balaban J connectivity index is 2.16. The average Bonchev–Trinajstić information content (AvgIpc) is 2.47. The molecule has 1 unspecified atom stereocenters. The van der Waals surface area contributed by atoms with Crippen LogP contribution in [0.25, 0.3) is 0 Å². The van der Waals surface area contributed by atoms with E-state index in [2.05, 4.69) is 51.4 Å². The molecule has 0 bridgehead atoms. The maximum absolute atomic E-state index is 4.58. The van der Waals surface area contributed by atoms with Gasteiger partial charge < -0.3 is 0 Å². The monoisotopic (exact) mass is 251 g/mol. The fraction of sp³-hybridized carbons (Fsp3) is 0.417. The predicted octanol–water partition coefficient (Wildman–Crippen LogP) is 4.14. The topological polar surface area (TPSA) is 12.4 Å². The smallest absolute Gasteiger partial charge is 0.0745 e. The minimum atomic E-state index is 0.394. The Hall–Kier alpha value is -0.630. The summed E-state index contributed by atoms with van der Waals surface area (Å²) in [7, 11) is 0. The van der Waals surface area contributed by atoms with Gasteiger partial charge in [0, 0.05) is 4.47 Å². The quantitative estimate of drug-likeness (QED) is 0.712. The Morgan fingerprint density at radius 3 is 2.71 bits per heavy atom. The molecule has 1 aromatic carbocycles. The number of hydrogen-bond acceptors (Lipinski definition) is 1. The summed E-state index contributed by atoms with van der Waals surface area (Å²) in [6.45, 7) is 0. The second-order valence-electron chi connectivity index (χ2n) is 3.68. The van der Waals surface area contributed by atoms with Crippen LogP contribution in [0.1, 0.15) is 37.3 Å². The van der Waals surface area contributed by atoms with Crippen molar-refractivity contribution in [3.8, 4) is 0 Å². The van der Waals surface area contributed by atoms with Crippen LogP contribution >= 0.6 is 15.9 Å². The van der Waals surface area contributed by atoms with Gasteiger partial charge in [0.15, 0.2) is 0 Å². The minimum absolute atomic E-state index is 0.394. The third-order valence-corrected chi connectivity index (χ3v) is 3.13. The summed E-state index contributed by atoms with van der Waals surface area (Å²) < 4.78 is 1.14. The summed E-state index contributed by atoms with van der Waals surface area (Å²) in [5, 5.41) is 0. The van der Waals surface area contributed by atoms with Gasteiger partial charge in [-0.05, 0) is 43.2 Å². The average molecular weight is 252 g/mol. The maximum atomic E-state index is 4.58. The molecule has 1 nitrogen and oxygen atoms in total. The summed E-state index contributed by atoms with van der Waals surface area (Å²) in [4.78, 5) is 4.58. The van der Waals surface area contributed by atoms with Crippen LogP contribution in [0.3, 0.4) is 0 Å². The summed E-state index contributed by atoms with van der Waals surface area (Å²) in [6.07, 6.45) is 7.00. The Labute approximate surface area is 93.4 Å². The van der Waals surface area contributed by atoms with E-state index in [0.29, 0.717) is 6.04 Å². The van der Waals surface area contributed by atoms with E-state index >= 15 is 0 Å². The fourth-order valence-electron chi connectivity index (χ4n) is 1.79. The zero-order valence-electron chi connectivity index (χ0n) is 8.12. The van der Waals surface area contributed by atoms with Crippen LogP contribution in [-0.2, 0) is 0 Å². The van der Waals surface area contributed by atoms with Gasteiger partial charge in [-0.15, -0.1) is 0 Å². The summed E-state index contributed by atoms with van der Waals surface area (Å²) >= 11 is 3.45. The fourth-order valence-corrected chi connectivity index (χ4v) is 2.05. The predicted molar refractivity (Wildman–Crippen MR) is 63.8 cm³/mol. The molecule has 74 valence electrons. The largest absolute Gasteiger partial charge is 0.289 e. The normalized spacial score (nSPS) is 21.9. The lowest BCUT2D eigenvalue weighted by Gasteiger charge is -2.10. The summed E-state index contributed by atoms with van der Waals surface area (Å²) in [5.74, 6) is 0. The van der Waals surface area contributed by atoms with E-state index in [-0.39, 0.29) is 0 Å². The molecule has 2 rings (SSSR count). The number of benzene rings is 1. The second kappa shape index (κ2) is 4.74. The maximum Gasteiger partial charge on any atom is 0.0745 e. The highest BCUT2D eigenvalue weighted by molar-refractivity contribution is 9.10. The van der Waals surface area contributed by atoms with Crippen LogP contribution in [0.2, 0.25) is 0 Å². The van der Waals surface area contributed by atoms with Crippen molar-refractivity contribution >= 4 is 22.1 Å². The van der Waals surface area contributed by atoms with Crippen molar-refractivity contribution in [3.05, 3.63) is 34.3 Å². The van der Waals surface area contributed by atoms with E-state index in [1.807, 2.05) is 0 Å². The van der Waals surface area contributed by atoms with E-state index in [1.165, 1.54) is 24.8 Å². The molecule has 0 amide bonds. The van der Waals surface area contributed by atoms with Gasteiger partial charge >= 0.3 is 0 Å². The van der Waals surface area contributed by atoms with Gasteiger partial charge in [-0.2, -0.15) is 0 Å². The van der Waals surface area contributed by atoms with Gasteiger partial charge in [-0.1, -0.05) is 34.5 Å². The van der Waals surface area contributed by atoms with Crippen molar-refractivity contribution in [2.75, 3.05) is 0 Å². The SMILES string of the molecule is Brc1ccc(C2CCCCC=N2)cc1. The highest BCUT2D eigenvalue weighted by Gasteiger charge is 2.10. The zero-order valence-corrected chi connectivity index (χ0v) is 9.70. The molecule has 0 saturated carbocycles. The zero-order chi connectivity index (χ0) is 9.80. The third-order valence-electron chi connectivity index (χ3n) is 2.60. The molecule has 2 heteroatoms. The van der Waals surface area contributed by atoms with Crippen LogP contribution in [0.15, 0.2) is 33.7 Å². The van der Waals surface area contributed by atoms with Crippen LogP contribution in [-0.4, -0.2) is 6.21 Å². The van der Waals surface area contributed by atoms with Crippen LogP contribution in [0, 0.1) is 0 Å². The number of aliphatic imine (C=N–C) groups is 1. The van der Waals surface area contributed by atoms with Crippen molar-refractivity contribution in [2.45, 2.75) is 31.7 Å². The molecule has 0 fully saturated rings. The van der Waals surface area contributed by atoms with Crippen molar-refractivity contribution in [2.24, 2.45) is 4.99 Å². The first-order chi connectivity index (χ1) is 6.86. The van der Waals surface area contributed by atoms with Crippen LogP contribution in [0.5, 0.6) is 0 Å². The Morgan fingerprint density at radius 1 is 1.14 bits per heavy atom. The van der Waals surface area contributed by atoms with Crippen LogP contribution in [0.4, 0.5) is 0 Å². The van der Waals surface area contributed by atoms with Crippen molar-refractivity contribution < 1.29 is 0 Å². The lowest BCUT2D eigenvalue weighted by molar-refractivity contribution is 0.618. The molecule has 1 atom stereocenters. The van der Waals surface area contributed by atoms with Gasteiger partial charge in [0.05, 0.1) is 6.04 Å². The van der Waals surface area contributed by atoms with Crippen molar-refractivity contribution in [1.82, 2.24) is 0 Å². The van der Waals surface area contributed by atoms with Gasteiger partial charge in [-0.25, -0.2) is 0 Å². The molecule has 0 radical (unpaired) electrons. The highest BCUT2D eigenvalue weighted by atomic mass is 79.9. The number of halogens is 1.